The molecule has 4 rings (SSSR count). The van der Waals surface area contributed by atoms with E-state index in [2.05, 4.69) is 15.0 Å². The Morgan fingerprint density at radius 3 is 2.54 bits per heavy atom. The highest BCUT2D eigenvalue weighted by Crippen LogP contribution is 2.25. The molecule has 0 spiro atoms. The van der Waals surface area contributed by atoms with E-state index in [-0.39, 0.29) is 11.6 Å². The predicted octanol–water partition coefficient (Wildman–Crippen LogP) is 2.71. The van der Waals surface area contributed by atoms with Crippen LogP contribution in [0.25, 0.3) is 5.52 Å². The molecule has 1 aliphatic rings. The molecule has 0 radical (unpaired) electrons. The summed E-state index contributed by atoms with van der Waals surface area (Å²) in [5, 5.41) is 4.43. The van der Waals surface area contributed by atoms with E-state index >= 15 is 0 Å². The fraction of sp³-hybridized carbons (Fsp3) is 0.316. The molecule has 2 aromatic heterocycles. The number of rotatable bonds is 3. The Hall–Kier alpha value is -2.96. The summed E-state index contributed by atoms with van der Waals surface area (Å²) in [5.41, 5.74) is 2.87. The van der Waals surface area contributed by atoms with Crippen LogP contribution >= 0.6 is 0 Å². The van der Waals surface area contributed by atoms with Gasteiger partial charge in [-0.05, 0) is 38.1 Å². The summed E-state index contributed by atoms with van der Waals surface area (Å²) in [5.74, 6) is 0.425. The molecule has 0 bridgehead atoms. The summed E-state index contributed by atoms with van der Waals surface area (Å²) < 4.78 is 16.2. The first-order chi connectivity index (χ1) is 12.5. The van der Waals surface area contributed by atoms with Gasteiger partial charge in [0, 0.05) is 44.1 Å². The Kier molecular flexibility index (Phi) is 4.06. The van der Waals surface area contributed by atoms with E-state index in [1.807, 2.05) is 28.6 Å². The molecule has 134 valence electrons. The second-order valence-electron chi connectivity index (χ2n) is 6.56. The number of aryl methyl sites for hydroxylation is 1. The maximum atomic E-state index is 14.4. The maximum Gasteiger partial charge on any atom is 0.159 e. The van der Waals surface area contributed by atoms with Crippen molar-refractivity contribution in [3.63, 3.8) is 0 Å². The van der Waals surface area contributed by atoms with E-state index in [1.54, 1.807) is 18.3 Å². The van der Waals surface area contributed by atoms with Crippen LogP contribution in [-0.4, -0.2) is 46.6 Å². The average molecular weight is 353 g/mol. The molecule has 6 nitrogen and oxygen atoms in total. The molecular weight excluding hydrogens is 333 g/mol. The monoisotopic (exact) mass is 353 g/mol. The van der Waals surface area contributed by atoms with Crippen molar-refractivity contribution >= 4 is 22.8 Å². The minimum Gasteiger partial charge on any atom is -0.366 e. The van der Waals surface area contributed by atoms with Gasteiger partial charge in [-0.1, -0.05) is 0 Å². The number of carbonyl (C=O) groups excluding carboxylic acids is 1. The molecule has 1 aliphatic heterocycles. The summed E-state index contributed by atoms with van der Waals surface area (Å²) >= 11 is 0. The molecule has 0 N–H and O–H groups in total. The molecule has 0 saturated carbocycles. The summed E-state index contributed by atoms with van der Waals surface area (Å²) in [6.07, 6.45) is 3.59. The van der Waals surface area contributed by atoms with Gasteiger partial charge >= 0.3 is 0 Å². The smallest absolute Gasteiger partial charge is 0.159 e. The fourth-order valence-electron chi connectivity index (χ4n) is 3.42. The Morgan fingerprint density at radius 1 is 1.12 bits per heavy atom. The second-order valence-corrected chi connectivity index (χ2v) is 6.56. The maximum absolute atomic E-state index is 14.4. The van der Waals surface area contributed by atoms with E-state index in [0.29, 0.717) is 24.3 Å². The van der Waals surface area contributed by atoms with Gasteiger partial charge in [0.2, 0.25) is 0 Å². The van der Waals surface area contributed by atoms with Crippen molar-refractivity contribution in [2.24, 2.45) is 0 Å². The van der Waals surface area contributed by atoms with Crippen LogP contribution in [0.3, 0.4) is 0 Å². The van der Waals surface area contributed by atoms with E-state index in [0.717, 1.165) is 30.1 Å². The first kappa shape index (κ1) is 16.5. The lowest BCUT2D eigenvalue weighted by Gasteiger charge is -2.37. The quantitative estimate of drug-likeness (QED) is 0.678. The summed E-state index contributed by atoms with van der Waals surface area (Å²) in [4.78, 5) is 20.1. The third kappa shape index (κ3) is 2.89. The zero-order valence-corrected chi connectivity index (χ0v) is 14.8. The van der Waals surface area contributed by atoms with E-state index in [9.17, 15) is 9.18 Å². The van der Waals surface area contributed by atoms with Gasteiger partial charge in [-0.3, -0.25) is 4.79 Å². The molecule has 7 heteroatoms. The van der Waals surface area contributed by atoms with Crippen molar-refractivity contribution in [1.82, 2.24) is 14.6 Å². The van der Waals surface area contributed by atoms with Crippen molar-refractivity contribution in [2.75, 3.05) is 36.0 Å². The number of piperazine rings is 1. The number of hydrogen-bond donors (Lipinski definition) is 0. The van der Waals surface area contributed by atoms with Crippen LogP contribution in [0.2, 0.25) is 0 Å². The van der Waals surface area contributed by atoms with Gasteiger partial charge in [0.1, 0.15) is 11.3 Å². The topological polar surface area (TPSA) is 53.7 Å². The summed E-state index contributed by atoms with van der Waals surface area (Å²) in [6, 6.07) is 6.72. The molecule has 1 fully saturated rings. The Balaban J connectivity index is 1.53. The molecule has 3 heterocycles. The van der Waals surface area contributed by atoms with Crippen molar-refractivity contribution in [3.8, 4) is 0 Å². The lowest BCUT2D eigenvalue weighted by Crippen LogP contribution is -2.47. The lowest BCUT2D eigenvalue weighted by molar-refractivity contribution is 0.101. The van der Waals surface area contributed by atoms with Crippen molar-refractivity contribution < 1.29 is 9.18 Å². The molecule has 3 aromatic rings. The number of Topliss-reactive ketones (excluding diaryl/α,β-unsaturated/α-hetero) is 1. The number of benzene rings is 1. The normalized spacial score (nSPS) is 14.9. The summed E-state index contributed by atoms with van der Waals surface area (Å²) in [7, 11) is 0. The van der Waals surface area contributed by atoms with Crippen LogP contribution in [0.5, 0.6) is 0 Å². The van der Waals surface area contributed by atoms with Gasteiger partial charge in [0.15, 0.2) is 11.6 Å². The third-order valence-corrected chi connectivity index (χ3v) is 4.77. The van der Waals surface area contributed by atoms with Crippen molar-refractivity contribution in [1.29, 1.82) is 0 Å². The van der Waals surface area contributed by atoms with Gasteiger partial charge in [-0.2, -0.15) is 5.10 Å². The Labute approximate surface area is 150 Å². The number of anilines is 2. The first-order valence-electron chi connectivity index (χ1n) is 8.64. The second kappa shape index (κ2) is 6.40. The molecule has 26 heavy (non-hydrogen) atoms. The zero-order chi connectivity index (χ0) is 18.3. The number of halogens is 1. The SMILES string of the molecule is CC(=O)c1ccc(N2CCN(c3nccn4nc(C)cc34)CC2)c(F)c1. The molecular formula is C19H20FN5O. The largest absolute Gasteiger partial charge is 0.366 e. The molecule has 1 saturated heterocycles. The minimum atomic E-state index is -0.349. The highest BCUT2D eigenvalue weighted by Gasteiger charge is 2.22. The van der Waals surface area contributed by atoms with E-state index in [4.69, 9.17) is 0 Å². The minimum absolute atomic E-state index is 0.129. The third-order valence-electron chi connectivity index (χ3n) is 4.77. The lowest BCUT2D eigenvalue weighted by atomic mass is 10.1. The number of nitrogens with zero attached hydrogens (tertiary/aromatic N) is 5. The number of ketones is 1. The zero-order valence-electron chi connectivity index (χ0n) is 14.8. The Morgan fingerprint density at radius 2 is 1.85 bits per heavy atom. The standard InChI is InChI=1S/C19H20FN5O/c1-13-11-18-19(21-5-6-25(18)22-13)24-9-7-23(8-10-24)17-4-3-15(14(2)26)12-16(17)20/h3-6,11-12H,7-10H2,1-2H3. The molecule has 0 unspecified atom stereocenters. The van der Waals surface area contributed by atoms with Gasteiger partial charge in [0.25, 0.3) is 0 Å². The van der Waals surface area contributed by atoms with Crippen molar-refractivity contribution in [3.05, 3.63) is 53.7 Å². The summed E-state index contributed by atoms with van der Waals surface area (Å²) in [6.45, 7) is 6.26. The van der Waals surface area contributed by atoms with Crippen molar-refractivity contribution in [2.45, 2.75) is 13.8 Å². The average Bonchev–Trinajstić information content (AvgIpc) is 3.02. The number of hydrogen-bond acceptors (Lipinski definition) is 5. The van der Waals surface area contributed by atoms with Crippen LogP contribution in [0, 0.1) is 12.7 Å². The molecule has 0 atom stereocenters. The van der Waals surface area contributed by atoms with Gasteiger partial charge in [-0.25, -0.2) is 13.9 Å². The molecule has 0 amide bonds. The highest BCUT2D eigenvalue weighted by molar-refractivity contribution is 5.94. The van der Waals surface area contributed by atoms with Crippen LogP contribution in [0.1, 0.15) is 23.0 Å². The van der Waals surface area contributed by atoms with Gasteiger partial charge < -0.3 is 9.80 Å². The predicted molar refractivity (Wildman–Crippen MR) is 98.6 cm³/mol. The van der Waals surface area contributed by atoms with Gasteiger partial charge in [-0.15, -0.1) is 0 Å². The molecule has 0 aliphatic carbocycles. The van der Waals surface area contributed by atoms with E-state index < -0.39 is 0 Å². The van der Waals surface area contributed by atoms with E-state index in [1.165, 1.54) is 13.0 Å². The fourth-order valence-corrected chi connectivity index (χ4v) is 3.42. The van der Waals surface area contributed by atoms with Crippen LogP contribution in [-0.2, 0) is 0 Å². The number of fused-ring (bicyclic) bond motifs is 1. The first-order valence-corrected chi connectivity index (χ1v) is 8.64. The van der Waals surface area contributed by atoms with Crippen LogP contribution in [0.4, 0.5) is 15.9 Å². The molecule has 1 aromatic carbocycles. The number of aromatic nitrogens is 3. The van der Waals surface area contributed by atoms with Gasteiger partial charge in [0.05, 0.1) is 11.4 Å². The number of carbonyl (C=O) groups is 1. The van der Waals surface area contributed by atoms with Crippen LogP contribution in [0.15, 0.2) is 36.7 Å². The Bertz CT molecular complexity index is 975. The van der Waals surface area contributed by atoms with Crippen LogP contribution < -0.4 is 9.80 Å². The highest BCUT2D eigenvalue weighted by atomic mass is 19.1.